The van der Waals surface area contributed by atoms with Crippen LogP contribution >= 0.6 is 15.9 Å². The first kappa shape index (κ1) is 14.0. The van der Waals surface area contributed by atoms with Crippen molar-refractivity contribution in [3.8, 4) is 0 Å². The molecule has 2 rings (SSSR count). The molecule has 0 saturated carbocycles. The molecule has 0 aliphatic carbocycles. The molecule has 0 aliphatic heterocycles. The van der Waals surface area contributed by atoms with E-state index in [0.29, 0.717) is 20.9 Å². The number of methoxy groups -OCH3 is 1. The number of fused-ring (bicyclic) bond motifs is 1. The fourth-order valence-electron chi connectivity index (χ4n) is 2.10. The van der Waals surface area contributed by atoms with E-state index in [4.69, 9.17) is 9.84 Å². The van der Waals surface area contributed by atoms with E-state index < -0.39 is 17.7 Å². The number of aromatic amines is 1. The van der Waals surface area contributed by atoms with E-state index in [2.05, 4.69) is 20.9 Å². The summed E-state index contributed by atoms with van der Waals surface area (Å²) < 4.78 is 19.6. The summed E-state index contributed by atoms with van der Waals surface area (Å²) in [5.74, 6) is -2.10. The highest BCUT2D eigenvalue weighted by molar-refractivity contribution is 9.10. The first-order valence-electron chi connectivity index (χ1n) is 5.67. The van der Waals surface area contributed by atoms with E-state index in [1.54, 1.807) is 6.92 Å². The highest BCUT2D eigenvalue weighted by Crippen LogP contribution is 2.35. The minimum atomic E-state index is -0.954. The maximum Gasteiger partial charge on any atom is 0.310 e. The summed E-state index contributed by atoms with van der Waals surface area (Å²) in [5, 5.41) is 9.69. The maximum atomic E-state index is 13.9. The Morgan fingerprint density at radius 1 is 1.63 bits per heavy atom. The van der Waals surface area contributed by atoms with E-state index in [0.717, 1.165) is 5.56 Å². The number of ether oxygens (including phenoxy) is 1. The molecule has 19 heavy (non-hydrogen) atoms. The van der Waals surface area contributed by atoms with Crippen molar-refractivity contribution < 1.29 is 19.0 Å². The Hall–Kier alpha value is -1.40. The molecule has 0 amide bonds. The zero-order valence-corrected chi connectivity index (χ0v) is 12.0. The number of benzene rings is 1. The molecule has 6 heteroatoms. The number of carboxylic acid groups (broad SMARTS) is 1. The molecule has 0 saturated heterocycles. The van der Waals surface area contributed by atoms with Crippen molar-refractivity contribution in [3.63, 3.8) is 0 Å². The second-order valence-electron chi connectivity index (χ2n) is 4.31. The van der Waals surface area contributed by atoms with E-state index >= 15 is 0 Å². The topological polar surface area (TPSA) is 62.3 Å². The number of aromatic nitrogens is 1. The second-order valence-corrected chi connectivity index (χ2v) is 5.16. The zero-order chi connectivity index (χ0) is 14.2. The van der Waals surface area contributed by atoms with Crippen molar-refractivity contribution in [2.75, 3.05) is 7.11 Å². The summed E-state index contributed by atoms with van der Waals surface area (Å²) in [7, 11) is 1.54. The quantitative estimate of drug-likeness (QED) is 0.903. The van der Waals surface area contributed by atoms with Crippen LogP contribution in [0.3, 0.4) is 0 Å². The summed E-state index contributed by atoms with van der Waals surface area (Å²) in [4.78, 5) is 13.9. The van der Waals surface area contributed by atoms with E-state index in [-0.39, 0.29) is 6.61 Å². The number of carbonyl (C=O) groups is 1. The SMILES string of the molecule is COCc1c(Br)cc(F)c2[nH]cc(C(C)C(=O)O)c12. The number of nitrogens with one attached hydrogen (secondary N) is 1. The van der Waals surface area contributed by atoms with Gasteiger partial charge in [0.05, 0.1) is 18.0 Å². The summed E-state index contributed by atoms with van der Waals surface area (Å²) in [5.41, 5.74) is 1.59. The van der Waals surface area contributed by atoms with E-state index in [1.807, 2.05) is 0 Å². The van der Waals surface area contributed by atoms with Crippen LogP contribution in [-0.4, -0.2) is 23.2 Å². The Morgan fingerprint density at radius 2 is 2.32 bits per heavy atom. The van der Waals surface area contributed by atoms with E-state index in [9.17, 15) is 9.18 Å². The van der Waals surface area contributed by atoms with Crippen LogP contribution in [0.2, 0.25) is 0 Å². The lowest BCUT2D eigenvalue weighted by Crippen LogP contribution is -2.07. The molecule has 1 atom stereocenters. The van der Waals surface area contributed by atoms with Crippen molar-refractivity contribution in [2.24, 2.45) is 0 Å². The Morgan fingerprint density at radius 3 is 2.89 bits per heavy atom. The molecule has 0 radical (unpaired) electrons. The molecule has 0 spiro atoms. The third kappa shape index (κ3) is 2.37. The van der Waals surface area contributed by atoms with Gasteiger partial charge in [0.2, 0.25) is 0 Å². The minimum Gasteiger partial charge on any atom is -0.481 e. The molecule has 4 nitrogen and oxygen atoms in total. The van der Waals surface area contributed by atoms with Gasteiger partial charge < -0.3 is 14.8 Å². The predicted molar refractivity (Wildman–Crippen MR) is 72.7 cm³/mol. The number of hydrogen-bond acceptors (Lipinski definition) is 2. The van der Waals surface area contributed by atoms with Gasteiger partial charge in [0.15, 0.2) is 0 Å². The maximum absolute atomic E-state index is 13.9. The van der Waals surface area contributed by atoms with Gasteiger partial charge in [-0.25, -0.2) is 4.39 Å². The fourth-order valence-corrected chi connectivity index (χ4v) is 2.62. The standard InChI is InChI=1S/C13H13BrFNO3/c1-6(13(17)18)7-4-16-12-10(15)3-9(14)8(5-19-2)11(7)12/h3-4,6,16H,5H2,1-2H3,(H,17,18). The van der Waals surface area contributed by atoms with Crippen molar-refractivity contribution >= 4 is 32.8 Å². The molecule has 1 unspecified atom stereocenters. The molecule has 0 fully saturated rings. The summed E-state index contributed by atoms with van der Waals surface area (Å²) in [6.45, 7) is 1.84. The summed E-state index contributed by atoms with van der Waals surface area (Å²) in [6.07, 6.45) is 1.54. The van der Waals surface area contributed by atoms with Crippen LogP contribution in [0.15, 0.2) is 16.7 Å². The molecule has 0 aliphatic rings. The average molecular weight is 330 g/mol. The molecule has 1 aromatic carbocycles. The van der Waals surface area contributed by atoms with Gasteiger partial charge in [-0.1, -0.05) is 15.9 Å². The van der Waals surface area contributed by atoms with Crippen molar-refractivity contribution in [3.05, 3.63) is 33.7 Å². The van der Waals surface area contributed by atoms with Gasteiger partial charge in [-0.2, -0.15) is 0 Å². The number of hydrogen-bond donors (Lipinski definition) is 2. The minimum absolute atomic E-state index is 0.272. The fraction of sp³-hybridized carbons (Fsp3) is 0.308. The van der Waals surface area contributed by atoms with Crippen molar-refractivity contribution in [1.82, 2.24) is 4.98 Å². The predicted octanol–water partition coefficient (Wildman–Crippen LogP) is 3.40. The van der Waals surface area contributed by atoms with Crippen LogP contribution in [-0.2, 0) is 16.1 Å². The third-order valence-corrected chi connectivity index (χ3v) is 3.83. The highest BCUT2D eigenvalue weighted by atomic mass is 79.9. The Bertz CT molecular complexity index is 638. The second kappa shape index (κ2) is 5.30. The molecule has 2 aromatic rings. The van der Waals surface area contributed by atoms with Gasteiger partial charge in [-0.3, -0.25) is 4.79 Å². The Labute approximate surface area is 117 Å². The number of carboxylic acids is 1. The number of H-pyrrole nitrogens is 1. The third-order valence-electron chi connectivity index (χ3n) is 3.12. The van der Waals surface area contributed by atoms with Gasteiger partial charge in [-0.05, 0) is 18.6 Å². The Kier molecular flexibility index (Phi) is 3.91. The van der Waals surface area contributed by atoms with Gasteiger partial charge in [0.1, 0.15) is 5.82 Å². The van der Waals surface area contributed by atoms with Gasteiger partial charge in [0.25, 0.3) is 0 Å². The molecule has 0 bridgehead atoms. The number of aliphatic carboxylic acids is 1. The lowest BCUT2D eigenvalue weighted by Gasteiger charge is -2.11. The highest BCUT2D eigenvalue weighted by Gasteiger charge is 2.22. The molecule has 1 heterocycles. The molecular formula is C13H13BrFNO3. The number of rotatable bonds is 4. The number of halogens is 2. The van der Waals surface area contributed by atoms with Crippen LogP contribution in [0, 0.1) is 5.82 Å². The van der Waals surface area contributed by atoms with Gasteiger partial charge in [0, 0.05) is 28.7 Å². The van der Waals surface area contributed by atoms with Gasteiger partial charge >= 0.3 is 5.97 Å². The first-order chi connectivity index (χ1) is 8.97. The summed E-state index contributed by atoms with van der Waals surface area (Å²) in [6, 6.07) is 1.35. The molecule has 2 N–H and O–H groups in total. The monoisotopic (exact) mass is 329 g/mol. The van der Waals surface area contributed by atoms with E-state index in [1.165, 1.54) is 19.4 Å². The average Bonchev–Trinajstić information content (AvgIpc) is 2.78. The molecule has 102 valence electrons. The smallest absolute Gasteiger partial charge is 0.310 e. The van der Waals surface area contributed by atoms with Crippen molar-refractivity contribution in [2.45, 2.75) is 19.4 Å². The van der Waals surface area contributed by atoms with Crippen LogP contribution in [0.25, 0.3) is 10.9 Å². The van der Waals surface area contributed by atoms with Crippen molar-refractivity contribution in [1.29, 1.82) is 0 Å². The summed E-state index contributed by atoms with van der Waals surface area (Å²) >= 11 is 3.29. The van der Waals surface area contributed by atoms with Crippen LogP contribution in [0.5, 0.6) is 0 Å². The van der Waals surface area contributed by atoms with Gasteiger partial charge in [-0.15, -0.1) is 0 Å². The molecular weight excluding hydrogens is 317 g/mol. The van der Waals surface area contributed by atoms with Crippen LogP contribution < -0.4 is 0 Å². The lowest BCUT2D eigenvalue weighted by molar-refractivity contribution is -0.138. The normalized spacial score (nSPS) is 12.8. The van der Waals surface area contributed by atoms with Crippen LogP contribution in [0.1, 0.15) is 24.0 Å². The first-order valence-corrected chi connectivity index (χ1v) is 6.46. The van der Waals surface area contributed by atoms with Crippen LogP contribution in [0.4, 0.5) is 4.39 Å². The lowest BCUT2D eigenvalue weighted by atomic mass is 9.97. The zero-order valence-electron chi connectivity index (χ0n) is 10.5. The molecule has 1 aromatic heterocycles. The Balaban J connectivity index is 2.77. The largest absolute Gasteiger partial charge is 0.481 e.